The number of guanidine groups is 1. The third-order valence-electron chi connectivity index (χ3n) is 4.80. The Kier molecular flexibility index (Phi) is 12.3. The van der Waals surface area contributed by atoms with Crippen molar-refractivity contribution in [2.24, 2.45) is 4.99 Å². The highest BCUT2D eigenvalue weighted by molar-refractivity contribution is 14.0. The third kappa shape index (κ3) is 7.39. The molecule has 8 heteroatoms. The molecule has 2 N–H and O–H groups in total. The molecule has 2 rings (SSSR count). The lowest BCUT2D eigenvalue weighted by Gasteiger charge is -2.28. The van der Waals surface area contributed by atoms with E-state index < -0.39 is 0 Å². The number of hydrogen-bond donors (Lipinski definition) is 2. The average molecular weight is 530 g/mol. The second kappa shape index (κ2) is 14.1. The van der Waals surface area contributed by atoms with E-state index in [1.807, 2.05) is 30.3 Å². The van der Waals surface area contributed by atoms with Crippen molar-refractivity contribution in [1.82, 2.24) is 15.5 Å². The average Bonchev–Trinajstić information content (AvgIpc) is 3.29. The first-order chi connectivity index (χ1) is 14.2. The van der Waals surface area contributed by atoms with Crippen molar-refractivity contribution >= 4 is 29.9 Å². The van der Waals surface area contributed by atoms with Gasteiger partial charge in [0.2, 0.25) is 0 Å². The van der Waals surface area contributed by atoms with Crippen LogP contribution in [0.3, 0.4) is 0 Å². The van der Waals surface area contributed by atoms with Crippen molar-refractivity contribution in [1.29, 1.82) is 0 Å². The standard InChI is InChI=1S/C22H34N4O3.HI/c1-6-23-22(24-15-17-11-12-20(27-4)21(14-17)28-5)25-16-18(26(7-2)8-3)19-10-9-13-29-19;/h9-14,18H,6-8,15-16H2,1-5H3,(H2,23,24,25);1H. The maximum Gasteiger partial charge on any atom is 0.191 e. The van der Waals surface area contributed by atoms with Gasteiger partial charge in [-0.3, -0.25) is 4.90 Å². The van der Waals surface area contributed by atoms with Crippen LogP contribution in [0.4, 0.5) is 0 Å². The molecule has 0 aliphatic rings. The summed E-state index contributed by atoms with van der Waals surface area (Å²) in [6.45, 7) is 10.3. The van der Waals surface area contributed by atoms with E-state index in [0.717, 1.165) is 36.9 Å². The van der Waals surface area contributed by atoms with Gasteiger partial charge in [0.25, 0.3) is 0 Å². The van der Waals surface area contributed by atoms with Gasteiger partial charge in [-0.25, -0.2) is 4.99 Å². The smallest absolute Gasteiger partial charge is 0.191 e. The van der Waals surface area contributed by atoms with Gasteiger partial charge in [0.1, 0.15) is 5.76 Å². The van der Waals surface area contributed by atoms with E-state index in [9.17, 15) is 0 Å². The fourth-order valence-electron chi connectivity index (χ4n) is 3.24. The lowest BCUT2D eigenvalue weighted by Crippen LogP contribution is -2.43. The molecule has 1 aromatic heterocycles. The number of methoxy groups -OCH3 is 2. The van der Waals surface area contributed by atoms with Crippen LogP contribution in [0.5, 0.6) is 11.5 Å². The highest BCUT2D eigenvalue weighted by Gasteiger charge is 2.20. The summed E-state index contributed by atoms with van der Waals surface area (Å²) in [4.78, 5) is 7.09. The van der Waals surface area contributed by atoms with Gasteiger partial charge in [-0.1, -0.05) is 19.9 Å². The van der Waals surface area contributed by atoms with Crippen LogP contribution in [-0.4, -0.2) is 51.3 Å². The van der Waals surface area contributed by atoms with Gasteiger partial charge in [-0.05, 0) is 49.8 Å². The first kappa shape index (κ1) is 26.1. The molecule has 0 radical (unpaired) electrons. The number of ether oxygens (including phenoxy) is 2. The maximum absolute atomic E-state index is 5.68. The van der Waals surface area contributed by atoms with Crippen LogP contribution in [0.1, 0.15) is 38.1 Å². The second-order valence-electron chi connectivity index (χ2n) is 6.52. The Morgan fingerprint density at radius 3 is 2.37 bits per heavy atom. The molecule has 1 heterocycles. The lowest BCUT2D eigenvalue weighted by atomic mass is 10.2. The lowest BCUT2D eigenvalue weighted by molar-refractivity contribution is 0.193. The molecule has 0 fully saturated rings. The Morgan fingerprint density at radius 1 is 1.07 bits per heavy atom. The first-order valence-corrected chi connectivity index (χ1v) is 10.2. The van der Waals surface area contributed by atoms with Crippen LogP contribution >= 0.6 is 24.0 Å². The number of hydrogen-bond acceptors (Lipinski definition) is 5. The van der Waals surface area contributed by atoms with Gasteiger partial charge in [0, 0.05) is 13.1 Å². The molecule has 0 saturated heterocycles. The number of likely N-dealkylation sites (N-methyl/N-ethyl adjacent to an activating group) is 1. The molecular formula is C22H35IN4O3. The predicted octanol–water partition coefficient (Wildman–Crippen LogP) is 4.05. The molecule has 1 atom stereocenters. The molecule has 30 heavy (non-hydrogen) atoms. The maximum atomic E-state index is 5.68. The monoisotopic (exact) mass is 530 g/mol. The van der Waals surface area contributed by atoms with Crippen molar-refractivity contribution in [3.8, 4) is 11.5 Å². The van der Waals surface area contributed by atoms with Crippen molar-refractivity contribution < 1.29 is 13.9 Å². The fraction of sp³-hybridized carbons (Fsp3) is 0.500. The summed E-state index contributed by atoms with van der Waals surface area (Å²) in [6, 6.07) is 9.95. The van der Waals surface area contributed by atoms with Crippen LogP contribution < -0.4 is 20.1 Å². The number of nitrogens with one attached hydrogen (secondary N) is 2. The van der Waals surface area contributed by atoms with Crippen molar-refractivity contribution in [3.05, 3.63) is 47.9 Å². The van der Waals surface area contributed by atoms with Gasteiger partial charge >= 0.3 is 0 Å². The van der Waals surface area contributed by atoms with Crippen LogP contribution in [-0.2, 0) is 6.54 Å². The van der Waals surface area contributed by atoms with Crippen LogP contribution in [0.2, 0.25) is 0 Å². The summed E-state index contributed by atoms with van der Waals surface area (Å²) >= 11 is 0. The molecular weight excluding hydrogens is 495 g/mol. The number of halogens is 1. The summed E-state index contributed by atoms with van der Waals surface area (Å²) in [5, 5.41) is 6.77. The van der Waals surface area contributed by atoms with E-state index in [1.54, 1.807) is 20.5 Å². The second-order valence-corrected chi connectivity index (χ2v) is 6.52. The minimum atomic E-state index is 0. The van der Waals surface area contributed by atoms with Gasteiger partial charge in [-0.2, -0.15) is 0 Å². The Hall–Kier alpha value is -1.94. The number of furan rings is 1. The Balaban J connectivity index is 0.00000450. The number of benzene rings is 1. The van der Waals surface area contributed by atoms with Gasteiger partial charge < -0.3 is 24.5 Å². The summed E-state index contributed by atoms with van der Waals surface area (Å²) in [5.41, 5.74) is 1.05. The van der Waals surface area contributed by atoms with Gasteiger partial charge in [-0.15, -0.1) is 24.0 Å². The Labute approximate surface area is 197 Å². The zero-order valence-electron chi connectivity index (χ0n) is 18.6. The quantitative estimate of drug-likeness (QED) is 0.260. The molecule has 7 nitrogen and oxygen atoms in total. The minimum absolute atomic E-state index is 0. The highest BCUT2D eigenvalue weighted by Crippen LogP contribution is 2.27. The molecule has 1 aromatic carbocycles. The number of rotatable bonds is 11. The minimum Gasteiger partial charge on any atom is -0.493 e. The summed E-state index contributed by atoms with van der Waals surface area (Å²) in [5.74, 6) is 3.14. The molecule has 2 aromatic rings. The Bertz CT molecular complexity index is 749. The van der Waals surface area contributed by atoms with Crippen molar-refractivity contribution in [3.63, 3.8) is 0 Å². The summed E-state index contributed by atoms with van der Waals surface area (Å²) in [7, 11) is 3.27. The molecule has 0 amide bonds. The van der Waals surface area contributed by atoms with E-state index in [-0.39, 0.29) is 30.0 Å². The fourth-order valence-corrected chi connectivity index (χ4v) is 3.24. The van der Waals surface area contributed by atoms with E-state index in [1.165, 1.54) is 0 Å². The molecule has 0 aliphatic heterocycles. The van der Waals surface area contributed by atoms with Crippen LogP contribution in [0, 0.1) is 0 Å². The molecule has 1 unspecified atom stereocenters. The van der Waals surface area contributed by atoms with E-state index in [0.29, 0.717) is 24.6 Å². The molecule has 0 spiro atoms. The van der Waals surface area contributed by atoms with Gasteiger partial charge in [0.15, 0.2) is 17.5 Å². The molecule has 0 aliphatic carbocycles. The third-order valence-corrected chi connectivity index (χ3v) is 4.80. The Morgan fingerprint density at radius 2 is 1.80 bits per heavy atom. The zero-order chi connectivity index (χ0) is 21.1. The van der Waals surface area contributed by atoms with Crippen LogP contribution in [0.15, 0.2) is 46.0 Å². The van der Waals surface area contributed by atoms with Gasteiger partial charge in [0.05, 0.1) is 33.1 Å². The SMILES string of the molecule is CCNC(=NCc1ccc(OC)c(OC)c1)NCC(c1ccco1)N(CC)CC.I. The topological polar surface area (TPSA) is 71.3 Å². The van der Waals surface area contributed by atoms with E-state index in [4.69, 9.17) is 18.9 Å². The summed E-state index contributed by atoms with van der Waals surface area (Å²) in [6.07, 6.45) is 1.72. The van der Waals surface area contributed by atoms with Crippen LogP contribution in [0.25, 0.3) is 0 Å². The molecule has 0 saturated carbocycles. The predicted molar refractivity (Wildman–Crippen MR) is 132 cm³/mol. The molecule has 0 bridgehead atoms. The van der Waals surface area contributed by atoms with Crippen molar-refractivity contribution in [2.75, 3.05) is 40.4 Å². The summed E-state index contributed by atoms with van der Waals surface area (Å²) < 4.78 is 16.4. The molecule has 168 valence electrons. The largest absolute Gasteiger partial charge is 0.493 e. The number of nitrogens with zero attached hydrogens (tertiary/aromatic N) is 2. The normalized spacial score (nSPS) is 12.3. The van der Waals surface area contributed by atoms with Crippen molar-refractivity contribution in [2.45, 2.75) is 33.4 Å². The first-order valence-electron chi connectivity index (χ1n) is 10.2. The zero-order valence-corrected chi connectivity index (χ0v) is 20.9. The van der Waals surface area contributed by atoms with E-state index in [2.05, 4.69) is 36.3 Å². The highest BCUT2D eigenvalue weighted by atomic mass is 127. The number of aliphatic imine (C=N–C) groups is 1. The van der Waals surface area contributed by atoms with E-state index >= 15 is 0 Å².